The minimum absolute atomic E-state index is 0.136. The smallest absolute Gasteiger partial charge is 0.326 e. The van der Waals surface area contributed by atoms with Gasteiger partial charge in [-0.1, -0.05) is 18.5 Å². The number of anilines is 1. The topological polar surface area (TPSA) is 102 Å². The summed E-state index contributed by atoms with van der Waals surface area (Å²) in [5.41, 5.74) is 1.88. The van der Waals surface area contributed by atoms with E-state index in [-0.39, 0.29) is 16.3 Å². The summed E-state index contributed by atoms with van der Waals surface area (Å²) in [7, 11) is 4.13. The summed E-state index contributed by atoms with van der Waals surface area (Å²) in [5, 5.41) is 19.3. The highest BCUT2D eigenvalue weighted by Gasteiger charge is 2.28. The highest BCUT2D eigenvalue weighted by molar-refractivity contribution is 6.35. The summed E-state index contributed by atoms with van der Waals surface area (Å²) in [5.74, 6) is -1.89. The molecule has 0 aliphatic heterocycles. The lowest BCUT2D eigenvalue weighted by Gasteiger charge is -2.24. The molecule has 0 bridgehead atoms. The zero-order valence-electron chi connectivity index (χ0n) is 13.4. The Morgan fingerprint density at radius 2 is 1.96 bits per heavy atom. The van der Waals surface area contributed by atoms with Gasteiger partial charge in [-0.05, 0) is 6.42 Å². The molecular weight excluding hydrogens is 326 g/mol. The molecule has 0 saturated carbocycles. The fourth-order valence-corrected chi connectivity index (χ4v) is 2.26. The number of imide groups is 1. The van der Waals surface area contributed by atoms with Gasteiger partial charge in [0.05, 0.1) is 17.7 Å². The fourth-order valence-electron chi connectivity index (χ4n) is 1.98. The van der Waals surface area contributed by atoms with Gasteiger partial charge in [0.15, 0.2) is 11.5 Å². The molecule has 0 aliphatic rings. The van der Waals surface area contributed by atoms with Crippen LogP contribution in [0.1, 0.15) is 23.7 Å². The molecule has 0 radical (unpaired) electrons. The Morgan fingerprint density at radius 3 is 2.48 bits per heavy atom. The number of carbonyl (C=O) groups excluding carboxylic acids is 2. The SMILES string of the molecule is CCCN(C)C(=O)N(C)C(=O)c1c(Cl)cc(O)c(O)c1NOC. The molecule has 0 heterocycles. The third kappa shape index (κ3) is 3.96. The average Bonchev–Trinajstić information content (AvgIpc) is 2.50. The predicted molar refractivity (Wildman–Crippen MR) is 85.8 cm³/mol. The molecule has 0 saturated heterocycles. The minimum atomic E-state index is -0.752. The predicted octanol–water partition coefficient (Wildman–Crippen LogP) is 2.26. The molecule has 8 nitrogen and oxygen atoms in total. The van der Waals surface area contributed by atoms with Crippen LogP contribution in [0.4, 0.5) is 10.5 Å². The van der Waals surface area contributed by atoms with E-state index in [0.717, 1.165) is 17.4 Å². The monoisotopic (exact) mass is 345 g/mol. The van der Waals surface area contributed by atoms with Crippen LogP contribution in [0.2, 0.25) is 5.02 Å². The maximum absolute atomic E-state index is 12.6. The summed E-state index contributed by atoms with van der Waals surface area (Å²) in [6.45, 7) is 2.38. The van der Waals surface area contributed by atoms with E-state index in [0.29, 0.717) is 6.54 Å². The highest BCUT2D eigenvalue weighted by Crippen LogP contribution is 2.41. The molecule has 1 rings (SSSR count). The number of urea groups is 1. The molecule has 23 heavy (non-hydrogen) atoms. The number of phenols is 2. The number of benzene rings is 1. The van der Waals surface area contributed by atoms with Gasteiger partial charge in [0.2, 0.25) is 0 Å². The fraction of sp³-hybridized carbons (Fsp3) is 0.429. The van der Waals surface area contributed by atoms with Gasteiger partial charge in [-0.15, -0.1) is 0 Å². The van der Waals surface area contributed by atoms with Crippen molar-refractivity contribution >= 4 is 29.2 Å². The molecule has 1 aromatic rings. The number of nitrogens with one attached hydrogen (secondary N) is 1. The lowest BCUT2D eigenvalue weighted by molar-refractivity contribution is 0.0803. The Labute approximate surface area is 139 Å². The molecule has 3 amide bonds. The molecule has 0 aliphatic carbocycles. The molecule has 0 atom stereocenters. The molecule has 0 aromatic heterocycles. The Hall–Kier alpha value is -2.19. The van der Waals surface area contributed by atoms with E-state index in [2.05, 4.69) is 10.3 Å². The minimum Gasteiger partial charge on any atom is -0.504 e. The van der Waals surface area contributed by atoms with E-state index in [1.165, 1.54) is 19.1 Å². The van der Waals surface area contributed by atoms with E-state index in [4.69, 9.17) is 11.6 Å². The third-order valence-corrected chi connectivity index (χ3v) is 3.42. The molecular formula is C14H20ClN3O5. The summed E-state index contributed by atoms with van der Waals surface area (Å²) in [6, 6.07) is 0.489. The molecule has 0 spiro atoms. The number of amides is 3. The van der Waals surface area contributed by atoms with Gasteiger partial charge in [0, 0.05) is 26.7 Å². The zero-order chi connectivity index (χ0) is 17.7. The second-order valence-electron chi connectivity index (χ2n) is 4.85. The number of hydrogen-bond donors (Lipinski definition) is 3. The summed E-state index contributed by atoms with van der Waals surface area (Å²) < 4.78 is 0. The number of halogens is 1. The summed E-state index contributed by atoms with van der Waals surface area (Å²) in [4.78, 5) is 31.7. The number of nitrogens with zero attached hydrogens (tertiary/aromatic N) is 2. The molecule has 0 unspecified atom stereocenters. The van der Waals surface area contributed by atoms with Crippen LogP contribution in [0.15, 0.2) is 6.07 Å². The zero-order valence-corrected chi connectivity index (χ0v) is 14.1. The maximum atomic E-state index is 12.6. The van der Waals surface area contributed by atoms with Crippen molar-refractivity contribution in [2.75, 3.05) is 33.2 Å². The lowest BCUT2D eigenvalue weighted by Crippen LogP contribution is -2.42. The van der Waals surface area contributed by atoms with Crippen LogP contribution in [0.3, 0.4) is 0 Å². The van der Waals surface area contributed by atoms with Gasteiger partial charge in [0.1, 0.15) is 5.69 Å². The number of phenolic OH excluding ortho intramolecular Hbond substituents is 2. The van der Waals surface area contributed by atoms with E-state index < -0.39 is 23.4 Å². The van der Waals surface area contributed by atoms with Gasteiger partial charge in [-0.2, -0.15) is 0 Å². The van der Waals surface area contributed by atoms with E-state index in [1.807, 2.05) is 6.92 Å². The number of carbonyl (C=O) groups is 2. The first-order chi connectivity index (χ1) is 10.8. The van der Waals surface area contributed by atoms with Crippen molar-refractivity contribution in [3.05, 3.63) is 16.7 Å². The van der Waals surface area contributed by atoms with E-state index in [1.54, 1.807) is 7.05 Å². The molecule has 1 aromatic carbocycles. The first kappa shape index (κ1) is 18.9. The van der Waals surface area contributed by atoms with Crippen LogP contribution in [0.5, 0.6) is 11.5 Å². The maximum Gasteiger partial charge on any atom is 0.326 e. The van der Waals surface area contributed by atoms with Crippen molar-refractivity contribution in [2.45, 2.75) is 13.3 Å². The van der Waals surface area contributed by atoms with Crippen LogP contribution < -0.4 is 5.48 Å². The Morgan fingerprint density at radius 1 is 1.35 bits per heavy atom. The second-order valence-corrected chi connectivity index (χ2v) is 5.26. The van der Waals surface area contributed by atoms with Crippen molar-refractivity contribution in [2.24, 2.45) is 0 Å². The van der Waals surface area contributed by atoms with Crippen LogP contribution >= 0.6 is 11.6 Å². The quantitative estimate of drug-likeness (QED) is 0.559. The van der Waals surface area contributed by atoms with E-state index in [9.17, 15) is 19.8 Å². The number of rotatable bonds is 5. The van der Waals surface area contributed by atoms with Gasteiger partial charge < -0.3 is 15.1 Å². The van der Waals surface area contributed by atoms with Gasteiger partial charge in [0.25, 0.3) is 5.91 Å². The van der Waals surface area contributed by atoms with Gasteiger partial charge in [-0.25, -0.2) is 4.79 Å². The number of aromatic hydroxyl groups is 2. The van der Waals surface area contributed by atoms with Gasteiger partial charge >= 0.3 is 6.03 Å². The van der Waals surface area contributed by atoms with Crippen LogP contribution in [0.25, 0.3) is 0 Å². The Kier molecular flexibility index (Phi) is 6.47. The lowest BCUT2D eigenvalue weighted by atomic mass is 10.1. The molecule has 3 N–H and O–H groups in total. The van der Waals surface area contributed by atoms with Crippen molar-refractivity contribution in [3.63, 3.8) is 0 Å². The van der Waals surface area contributed by atoms with E-state index >= 15 is 0 Å². The van der Waals surface area contributed by atoms with Crippen molar-refractivity contribution in [1.29, 1.82) is 0 Å². The van der Waals surface area contributed by atoms with Crippen LogP contribution in [-0.4, -0.2) is 59.7 Å². The Balaban J connectivity index is 3.26. The second kappa shape index (κ2) is 7.89. The highest BCUT2D eigenvalue weighted by atomic mass is 35.5. The largest absolute Gasteiger partial charge is 0.504 e. The Bertz CT molecular complexity index is 609. The normalized spacial score (nSPS) is 10.3. The van der Waals surface area contributed by atoms with Crippen molar-refractivity contribution in [1.82, 2.24) is 9.80 Å². The third-order valence-electron chi connectivity index (χ3n) is 3.13. The first-order valence-corrected chi connectivity index (χ1v) is 7.20. The van der Waals surface area contributed by atoms with Crippen LogP contribution in [0, 0.1) is 0 Å². The average molecular weight is 346 g/mol. The molecule has 0 fully saturated rings. The van der Waals surface area contributed by atoms with Crippen molar-refractivity contribution in [3.8, 4) is 11.5 Å². The van der Waals surface area contributed by atoms with Crippen LogP contribution in [-0.2, 0) is 4.84 Å². The van der Waals surface area contributed by atoms with Crippen molar-refractivity contribution < 1.29 is 24.6 Å². The number of hydrogen-bond acceptors (Lipinski definition) is 6. The molecule has 9 heteroatoms. The first-order valence-electron chi connectivity index (χ1n) is 6.82. The summed E-state index contributed by atoms with van der Waals surface area (Å²) in [6.07, 6.45) is 0.738. The standard InChI is InChI=1S/C14H20ClN3O5/c1-5-6-17(2)14(22)18(3)13(21)10-8(15)7-9(19)12(20)11(10)16-23-4/h7,16,19-20H,5-6H2,1-4H3. The molecule has 128 valence electrons. The summed E-state index contributed by atoms with van der Waals surface area (Å²) >= 11 is 5.99. The van der Waals surface area contributed by atoms with Gasteiger partial charge in [-0.3, -0.25) is 20.0 Å².